The highest BCUT2D eigenvalue weighted by atomic mass is 32.1. The van der Waals surface area contributed by atoms with Crippen molar-refractivity contribution in [2.75, 3.05) is 0 Å². The highest BCUT2D eigenvalue weighted by molar-refractivity contribution is 7.80. The fourth-order valence-corrected chi connectivity index (χ4v) is 4.17. The second-order valence-corrected chi connectivity index (χ2v) is 7.41. The van der Waals surface area contributed by atoms with E-state index in [1.807, 2.05) is 12.1 Å². The number of rotatable bonds is 3. The highest BCUT2D eigenvalue weighted by Crippen LogP contribution is 2.66. The Morgan fingerprint density at radius 3 is 2.60 bits per heavy atom. The van der Waals surface area contributed by atoms with Gasteiger partial charge in [-0.1, -0.05) is 33.0 Å². The van der Waals surface area contributed by atoms with Gasteiger partial charge in [-0.2, -0.15) is 0 Å². The second-order valence-electron chi connectivity index (χ2n) is 6.97. The average molecular weight is 290 g/mol. The smallest absolute Gasteiger partial charge is 0.213 e. The molecule has 3 atom stereocenters. The standard InChI is InChI=1S/C16H22N2OS/c1-15(2)11-6-7-16(15,3)12(8-11)19-13-5-4-10(9-18-13)14(17)20/h4-5,9,11-12H,6-8H2,1-3H3,(H2,17,20). The van der Waals surface area contributed by atoms with E-state index in [0.717, 1.165) is 17.9 Å². The van der Waals surface area contributed by atoms with E-state index in [9.17, 15) is 0 Å². The van der Waals surface area contributed by atoms with Gasteiger partial charge in [-0.05, 0) is 36.7 Å². The molecule has 2 saturated carbocycles. The molecule has 1 heterocycles. The van der Waals surface area contributed by atoms with Crippen LogP contribution in [0.15, 0.2) is 18.3 Å². The summed E-state index contributed by atoms with van der Waals surface area (Å²) in [5, 5.41) is 0. The van der Waals surface area contributed by atoms with Crippen LogP contribution in [0, 0.1) is 16.7 Å². The van der Waals surface area contributed by atoms with Gasteiger partial charge in [-0.25, -0.2) is 4.98 Å². The number of pyridine rings is 1. The van der Waals surface area contributed by atoms with E-state index in [2.05, 4.69) is 25.8 Å². The molecule has 4 heteroatoms. The van der Waals surface area contributed by atoms with Crippen LogP contribution in [0.1, 0.15) is 45.6 Å². The molecule has 0 aromatic carbocycles. The quantitative estimate of drug-likeness (QED) is 0.868. The van der Waals surface area contributed by atoms with Gasteiger partial charge in [0.05, 0.1) is 0 Å². The molecule has 2 aliphatic carbocycles. The number of nitrogens with two attached hydrogens (primary N) is 1. The Hall–Kier alpha value is -1.16. The molecule has 0 amide bonds. The Kier molecular flexibility index (Phi) is 3.05. The fraction of sp³-hybridized carbons (Fsp3) is 0.625. The van der Waals surface area contributed by atoms with Crippen LogP contribution in [0.3, 0.4) is 0 Å². The van der Waals surface area contributed by atoms with Crippen LogP contribution in [0.25, 0.3) is 0 Å². The first-order valence-electron chi connectivity index (χ1n) is 7.27. The minimum absolute atomic E-state index is 0.251. The van der Waals surface area contributed by atoms with Gasteiger partial charge in [0.25, 0.3) is 0 Å². The third-order valence-electron chi connectivity index (χ3n) is 6.00. The largest absolute Gasteiger partial charge is 0.474 e. The molecule has 2 aliphatic rings. The van der Waals surface area contributed by atoms with Crippen molar-refractivity contribution >= 4 is 17.2 Å². The highest BCUT2D eigenvalue weighted by Gasteiger charge is 2.62. The molecule has 108 valence electrons. The molecule has 3 nitrogen and oxygen atoms in total. The van der Waals surface area contributed by atoms with Crippen molar-refractivity contribution in [1.29, 1.82) is 0 Å². The third-order valence-corrected chi connectivity index (χ3v) is 6.23. The van der Waals surface area contributed by atoms with Gasteiger partial charge >= 0.3 is 0 Å². The normalized spacial score (nSPS) is 34.1. The first-order chi connectivity index (χ1) is 9.34. The molecule has 1 aromatic heterocycles. The minimum atomic E-state index is 0.251. The van der Waals surface area contributed by atoms with Crippen molar-refractivity contribution in [2.24, 2.45) is 22.5 Å². The van der Waals surface area contributed by atoms with E-state index >= 15 is 0 Å². The lowest BCUT2D eigenvalue weighted by atomic mass is 9.70. The molecular formula is C16H22N2OS. The molecule has 2 fully saturated rings. The Bertz CT molecular complexity index is 540. The molecule has 0 saturated heterocycles. The van der Waals surface area contributed by atoms with Crippen LogP contribution < -0.4 is 10.5 Å². The summed E-state index contributed by atoms with van der Waals surface area (Å²) in [6.45, 7) is 7.14. The summed E-state index contributed by atoms with van der Waals surface area (Å²) in [4.78, 5) is 4.71. The number of ether oxygens (including phenoxy) is 1. The molecule has 0 radical (unpaired) electrons. The number of hydrogen-bond acceptors (Lipinski definition) is 3. The second kappa shape index (κ2) is 4.42. The number of hydrogen-bond donors (Lipinski definition) is 1. The zero-order valence-corrected chi connectivity index (χ0v) is 13.2. The van der Waals surface area contributed by atoms with Crippen LogP contribution in [0.5, 0.6) is 5.88 Å². The lowest BCUT2D eigenvalue weighted by Crippen LogP contribution is -2.39. The van der Waals surface area contributed by atoms with Crippen molar-refractivity contribution < 1.29 is 4.74 Å². The van der Waals surface area contributed by atoms with Crippen molar-refractivity contribution in [1.82, 2.24) is 4.98 Å². The summed E-state index contributed by atoms with van der Waals surface area (Å²) < 4.78 is 6.19. The summed E-state index contributed by atoms with van der Waals surface area (Å²) in [5.41, 5.74) is 6.98. The van der Waals surface area contributed by atoms with Crippen LogP contribution in [0.4, 0.5) is 0 Å². The lowest BCUT2D eigenvalue weighted by Gasteiger charge is -2.38. The molecule has 1 aromatic rings. The van der Waals surface area contributed by atoms with Gasteiger partial charge in [-0.15, -0.1) is 0 Å². The topological polar surface area (TPSA) is 48.1 Å². The van der Waals surface area contributed by atoms with Crippen molar-refractivity contribution in [3.63, 3.8) is 0 Å². The third kappa shape index (κ3) is 1.85. The molecular weight excluding hydrogens is 268 g/mol. The van der Waals surface area contributed by atoms with Gasteiger partial charge in [0.15, 0.2) is 0 Å². The maximum Gasteiger partial charge on any atom is 0.213 e. The van der Waals surface area contributed by atoms with E-state index in [4.69, 9.17) is 22.7 Å². The van der Waals surface area contributed by atoms with Crippen molar-refractivity contribution in [2.45, 2.75) is 46.1 Å². The Morgan fingerprint density at radius 2 is 2.15 bits per heavy atom. The first kappa shape index (κ1) is 13.8. The van der Waals surface area contributed by atoms with Gasteiger partial charge in [0.1, 0.15) is 11.1 Å². The van der Waals surface area contributed by atoms with Crippen LogP contribution >= 0.6 is 12.2 Å². The van der Waals surface area contributed by atoms with E-state index in [1.54, 1.807) is 6.20 Å². The molecule has 3 rings (SSSR count). The Balaban J connectivity index is 1.78. The first-order valence-corrected chi connectivity index (χ1v) is 7.68. The maximum atomic E-state index is 6.19. The Morgan fingerprint density at radius 1 is 1.40 bits per heavy atom. The number of aromatic nitrogens is 1. The molecule has 0 aliphatic heterocycles. The van der Waals surface area contributed by atoms with Gasteiger partial charge < -0.3 is 10.5 Å². The van der Waals surface area contributed by atoms with Gasteiger partial charge in [0.2, 0.25) is 5.88 Å². The number of thiocarbonyl (C=S) groups is 1. The molecule has 2 N–H and O–H groups in total. The monoisotopic (exact) mass is 290 g/mol. The molecule has 0 spiro atoms. The van der Waals surface area contributed by atoms with Crippen molar-refractivity contribution in [3.8, 4) is 5.88 Å². The van der Waals surface area contributed by atoms with E-state index < -0.39 is 0 Å². The number of nitrogens with zero attached hydrogens (tertiary/aromatic N) is 1. The fourth-order valence-electron chi connectivity index (χ4n) is 4.05. The predicted octanol–water partition coefficient (Wildman–Crippen LogP) is 3.31. The summed E-state index contributed by atoms with van der Waals surface area (Å²) in [6.07, 6.45) is 5.68. The van der Waals surface area contributed by atoms with E-state index in [0.29, 0.717) is 16.3 Å². The zero-order valence-electron chi connectivity index (χ0n) is 12.3. The SMILES string of the molecule is CC1(C)C2CCC1(C)C(Oc1ccc(C(N)=S)cn1)C2. The molecule has 2 bridgehead atoms. The van der Waals surface area contributed by atoms with Gasteiger partial charge in [0, 0.05) is 23.2 Å². The zero-order chi connectivity index (χ0) is 14.5. The van der Waals surface area contributed by atoms with Crippen LogP contribution in [0.2, 0.25) is 0 Å². The molecule has 20 heavy (non-hydrogen) atoms. The Labute approximate surface area is 125 Å². The van der Waals surface area contributed by atoms with E-state index in [1.165, 1.54) is 12.8 Å². The van der Waals surface area contributed by atoms with Crippen LogP contribution in [-0.2, 0) is 0 Å². The average Bonchev–Trinajstić information content (AvgIpc) is 2.72. The summed E-state index contributed by atoms with van der Waals surface area (Å²) in [6, 6.07) is 3.75. The van der Waals surface area contributed by atoms with E-state index in [-0.39, 0.29) is 11.5 Å². The minimum Gasteiger partial charge on any atom is -0.474 e. The summed E-state index contributed by atoms with van der Waals surface area (Å²) in [7, 11) is 0. The summed E-state index contributed by atoms with van der Waals surface area (Å²) in [5.74, 6) is 1.45. The maximum absolute atomic E-state index is 6.19. The van der Waals surface area contributed by atoms with Crippen LogP contribution in [-0.4, -0.2) is 16.1 Å². The van der Waals surface area contributed by atoms with Gasteiger partial charge in [-0.3, -0.25) is 0 Å². The number of fused-ring (bicyclic) bond motifs is 2. The lowest BCUT2D eigenvalue weighted by molar-refractivity contribution is 0.0273. The van der Waals surface area contributed by atoms with Crippen molar-refractivity contribution in [3.05, 3.63) is 23.9 Å². The predicted molar refractivity (Wildman–Crippen MR) is 83.8 cm³/mol. The molecule has 3 unspecified atom stereocenters. The summed E-state index contributed by atoms with van der Waals surface area (Å²) >= 11 is 4.94.